The van der Waals surface area contributed by atoms with Gasteiger partial charge in [-0.05, 0) is 59.6 Å². The maximum atomic E-state index is 13.4. The van der Waals surface area contributed by atoms with E-state index in [0.29, 0.717) is 22.6 Å². The Hall–Kier alpha value is -1.36. The first-order valence-corrected chi connectivity index (χ1v) is 12.2. The largest absolute Gasteiger partial charge is 0.277 e. The van der Waals surface area contributed by atoms with E-state index < -0.39 is 10.0 Å². The molecular formula is C23H38N2O2S. The van der Waals surface area contributed by atoms with Gasteiger partial charge in [-0.1, -0.05) is 67.5 Å². The maximum Gasteiger partial charge on any atom is 0.277 e. The summed E-state index contributed by atoms with van der Waals surface area (Å²) in [5.41, 5.74) is 3.95. The monoisotopic (exact) mass is 406 g/mol. The lowest BCUT2D eigenvalue weighted by Crippen LogP contribution is -2.25. The second kappa shape index (κ2) is 8.98. The normalized spacial score (nSPS) is 19.6. The molecule has 1 aromatic carbocycles. The van der Waals surface area contributed by atoms with E-state index in [1.165, 1.54) is 5.56 Å². The fourth-order valence-corrected chi connectivity index (χ4v) is 5.61. The summed E-state index contributed by atoms with van der Waals surface area (Å²) in [5.74, 6) is 1.44. The lowest BCUT2D eigenvalue weighted by Gasteiger charge is -2.22. The van der Waals surface area contributed by atoms with Gasteiger partial charge >= 0.3 is 0 Å². The van der Waals surface area contributed by atoms with E-state index in [1.54, 1.807) is 0 Å². The van der Waals surface area contributed by atoms with Gasteiger partial charge in [-0.2, -0.15) is 13.5 Å². The van der Waals surface area contributed by atoms with Crippen LogP contribution in [0.15, 0.2) is 22.1 Å². The third-order valence-electron chi connectivity index (χ3n) is 5.84. The summed E-state index contributed by atoms with van der Waals surface area (Å²) in [6.07, 6.45) is 3.06. The molecule has 0 heterocycles. The standard InChI is InChI=1S/C23H38N2O2S/c1-14(2)18-12-20(16(5)6)23(21(13-18)17(7)8)28(26,27)25-24-22-11-9-10-19(22)15(3)4/h12-17,19,25H,9-11H2,1-8H3/b24-22-/t19-/m0/s1. The SMILES string of the molecule is CC(C)c1cc(C(C)C)c(S(=O)(=O)N/N=C2/CCC[C@H]2C(C)C)c(C(C)C)c1. The van der Waals surface area contributed by atoms with Gasteiger partial charge in [0.05, 0.1) is 4.90 Å². The highest BCUT2D eigenvalue weighted by molar-refractivity contribution is 7.89. The minimum Gasteiger partial charge on any atom is -0.200 e. The van der Waals surface area contributed by atoms with Crippen LogP contribution in [0, 0.1) is 11.8 Å². The van der Waals surface area contributed by atoms with Crippen LogP contribution in [0.1, 0.15) is 109 Å². The molecule has 1 aliphatic rings. The molecule has 1 aliphatic carbocycles. The lowest BCUT2D eigenvalue weighted by molar-refractivity contribution is 0.485. The molecule has 1 fully saturated rings. The van der Waals surface area contributed by atoms with Crippen LogP contribution >= 0.6 is 0 Å². The quantitative estimate of drug-likeness (QED) is 0.552. The molecule has 2 rings (SSSR count). The zero-order valence-corrected chi connectivity index (χ0v) is 19.7. The summed E-state index contributed by atoms with van der Waals surface area (Å²) >= 11 is 0. The first-order chi connectivity index (χ1) is 13.0. The molecule has 28 heavy (non-hydrogen) atoms. The molecule has 0 unspecified atom stereocenters. The Kier molecular flexibility index (Phi) is 7.35. The van der Waals surface area contributed by atoms with Crippen LogP contribution in [-0.2, 0) is 10.0 Å². The molecule has 5 heteroatoms. The van der Waals surface area contributed by atoms with Crippen LogP contribution in [0.5, 0.6) is 0 Å². The van der Waals surface area contributed by atoms with Crippen molar-refractivity contribution in [3.8, 4) is 0 Å². The summed E-state index contributed by atoms with van der Waals surface area (Å²) in [7, 11) is -3.73. The summed E-state index contributed by atoms with van der Waals surface area (Å²) in [4.78, 5) is 3.02. The summed E-state index contributed by atoms with van der Waals surface area (Å²) in [6, 6.07) is 4.13. The first kappa shape index (κ1) is 22.9. The summed E-state index contributed by atoms with van der Waals surface area (Å²) in [5, 5.41) is 4.41. The molecule has 1 aromatic rings. The van der Waals surface area contributed by atoms with Crippen LogP contribution in [0.2, 0.25) is 0 Å². The first-order valence-electron chi connectivity index (χ1n) is 10.7. The van der Waals surface area contributed by atoms with E-state index in [4.69, 9.17) is 0 Å². The van der Waals surface area contributed by atoms with Crippen molar-refractivity contribution in [2.45, 2.75) is 97.3 Å². The Morgan fingerprint density at radius 3 is 1.89 bits per heavy atom. The molecule has 0 saturated heterocycles. The second-order valence-corrected chi connectivity index (χ2v) is 11.0. The van der Waals surface area contributed by atoms with Crippen molar-refractivity contribution < 1.29 is 8.42 Å². The van der Waals surface area contributed by atoms with Crippen LogP contribution in [-0.4, -0.2) is 14.1 Å². The third kappa shape index (κ3) is 4.97. The minimum absolute atomic E-state index is 0.116. The van der Waals surface area contributed by atoms with Crippen LogP contribution in [0.4, 0.5) is 0 Å². The molecule has 0 aromatic heterocycles. The number of nitrogens with one attached hydrogen (secondary N) is 1. The zero-order chi connectivity index (χ0) is 21.2. The van der Waals surface area contributed by atoms with Crippen molar-refractivity contribution in [2.24, 2.45) is 16.9 Å². The number of rotatable bonds is 7. The molecule has 1 N–H and O–H groups in total. The minimum atomic E-state index is -3.73. The van der Waals surface area contributed by atoms with Crippen LogP contribution in [0.3, 0.4) is 0 Å². The topological polar surface area (TPSA) is 58.5 Å². The fourth-order valence-electron chi connectivity index (χ4n) is 4.08. The van der Waals surface area contributed by atoms with E-state index in [0.717, 1.165) is 36.1 Å². The molecule has 0 amide bonds. The summed E-state index contributed by atoms with van der Waals surface area (Å²) < 4.78 is 26.8. The van der Waals surface area contributed by atoms with E-state index in [2.05, 4.69) is 77.5 Å². The number of hydrazone groups is 1. The van der Waals surface area contributed by atoms with Gasteiger partial charge in [0.1, 0.15) is 0 Å². The summed E-state index contributed by atoms with van der Waals surface area (Å²) in [6.45, 7) is 16.9. The van der Waals surface area contributed by atoms with Crippen LogP contribution in [0.25, 0.3) is 0 Å². The van der Waals surface area contributed by atoms with E-state index in [1.807, 2.05) is 0 Å². The van der Waals surface area contributed by atoms with E-state index in [-0.39, 0.29) is 11.8 Å². The van der Waals surface area contributed by atoms with Crippen molar-refractivity contribution in [1.82, 2.24) is 4.83 Å². The van der Waals surface area contributed by atoms with Gasteiger partial charge < -0.3 is 0 Å². The third-order valence-corrected chi connectivity index (χ3v) is 7.18. The Labute approximate surface area is 172 Å². The van der Waals surface area contributed by atoms with Crippen LogP contribution < -0.4 is 4.83 Å². The highest BCUT2D eigenvalue weighted by Crippen LogP contribution is 2.35. The molecule has 1 atom stereocenters. The molecule has 1 saturated carbocycles. The van der Waals surface area contributed by atoms with Gasteiger partial charge in [-0.15, -0.1) is 0 Å². The Morgan fingerprint density at radius 2 is 1.46 bits per heavy atom. The smallest absolute Gasteiger partial charge is 0.200 e. The predicted octanol–water partition coefficient (Wildman–Crippen LogP) is 6.15. The highest BCUT2D eigenvalue weighted by Gasteiger charge is 2.29. The molecule has 0 aliphatic heterocycles. The van der Waals surface area contributed by atoms with Gasteiger partial charge in [0.15, 0.2) is 0 Å². The zero-order valence-electron chi connectivity index (χ0n) is 18.8. The number of hydrogen-bond donors (Lipinski definition) is 1. The van der Waals surface area contributed by atoms with Crippen molar-refractivity contribution >= 4 is 15.7 Å². The Balaban J connectivity index is 2.55. The predicted molar refractivity (Wildman–Crippen MR) is 119 cm³/mol. The van der Waals surface area contributed by atoms with Crippen molar-refractivity contribution in [2.75, 3.05) is 0 Å². The van der Waals surface area contributed by atoms with E-state index in [9.17, 15) is 8.42 Å². The number of nitrogens with zero attached hydrogens (tertiary/aromatic N) is 1. The van der Waals surface area contributed by atoms with Gasteiger partial charge in [0.25, 0.3) is 10.0 Å². The second-order valence-electron chi connectivity index (χ2n) is 9.43. The van der Waals surface area contributed by atoms with Gasteiger partial charge in [0, 0.05) is 11.6 Å². The molecule has 0 radical (unpaired) electrons. The fraction of sp³-hybridized carbons (Fsp3) is 0.696. The Morgan fingerprint density at radius 1 is 0.929 bits per heavy atom. The highest BCUT2D eigenvalue weighted by atomic mass is 32.2. The molecule has 158 valence electrons. The number of hydrogen-bond acceptors (Lipinski definition) is 3. The number of benzene rings is 1. The number of sulfonamides is 1. The van der Waals surface area contributed by atoms with Crippen molar-refractivity contribution in [3.05, 3.63) is 28.8 Å². The maximum absolute atomic E-state index is 13.4. The molecule has 0 bridgehead atoms. The van der Waals surface area contributed by atoms with Gasteiger partial charge in [0.2, 0.25) is 0 Å². The lowest BCUT2D eigenvalue weighted by atomic mass is 9.89. The molecular weight excluding hydrogens is 368 g/mol. The van der Waals surface area contributed by atoms with Gasteiger partial charge in [-0.25, -0.2) is 4.83 Å². The Bertz CT molecular complexity index is 792. The molecule has 0 spiro atoms. The average Bonchev–Trinajstić information content (AvgIpc) is 3.07. The van der Waals surface area contributed by atoms with Gasteiger partial charge in [-0.3, -0.25) is 0 Å². The molecule has 4 nitrogen and oxygen atoms in total. The average molecular weight is 407 g/mol. The van der Waals surface area contributed by atoms with Crippen molar-refractivity contribution in [1.29, 1.82) is 0 Å². The van der Waals surface area contributed by atoms with Crippen molar-refractivity contribution in [3.63, 3.8) is 0 Å². The van der Waals surface area contributed by atoms with E-state index >= 15 is 0 Å².